The second-order valence-corrected chi connectivity index (χ2v) is 5.70. The number of carbonyl (C=O) groups excluding carboxylic acids is 1. The van der Waals surface area contributed by atoms with E-state index in [9.17, 15) is 4.79 Å². The predicted molar refractivity (Wildman–Crippen MR) is 50.2 cm³/mol. The first-order valence-corrected chi connectivity index (χ1v) is 5.65. The van der Waals surface area contributed by atoms with E-state index in [4.69, 9.17) is 4.74 Å². The van der Waals surface area contributed by atoms with Crippen molar-refractivity contribution in [2.24, 2.45) is 5.41 Å². The van der Waals surface area contributed by atoms with Gasteiger partial charge < -0.3 is 9.64 Å². The molecule has 0 radical (unpaired) electrons. The zero-order chi connectivity index (χ0) is 9.27. The van der Waals surface area contributed by atoms with Gasteiger partial charge in [0, 0.05) is 11.8 Å². The maximum absolute atomic E-state index is 11.8. The molecule has 3 nitrogen and oxygen atoms in total. The molecule has 3 aliphatic rings. The van der Waals surface area contributed by atoms with Crippen LogP contribution in [0.2, 0.25) is 0 Å². The van der Waals surface area contributed by atoms with Crippen molar-refractivity contribution in [1.82, 2.24) is 4.90 Å². The molecule has 0 aromatic rings. The topological polar surface area (TPSA) is 29.5 Å². The highest BCUT2D eigenvalue weighted by molar-refractivity contribution is 8.02. The molecule has 0 aromatic carbocycles. The van der Waals surface area contributed by atoms with Gasteiger partial charge in [0.1, 0.15) is 5.41 Å². The van der Waals surface area contributed by atoms with Gasteiger partial charge in [0.05, 0.1) is 6.61 Å². The Morgan fingerprint density at radius 2 is 2.46 bits per heavy atom. The number of β-lactam (4-membered cyclic amide) rings is 1. The molecule has 0 N–H and O–H groups in total. The van der Waals surface area contributed by atoms with Crippen LogP contribution >= 0.6 is 11.8 Å². The van der Waals surface area contributed by atoms with Crippen molar-refractivity contribution in [1.29, 1.82) is 0 Å². The normalized spacial score (nSPS) is 53.2. The van der Waals surface area contributed by atoms with E-state index in [-0.39, 0.29) is 10.5 Å². The quantitative estimate of drug-likeness (QED) is 0.546. The zero-order valence-corrected chi connectivity index (χ0v) is 8.69. The van der Waals surface area contributed by atoms with Gasteiger partial charge in [-0.25, -0.2) is 0 Å². The lowest BCUT2D eigenvalue weighted by molar-refractivity contribution is -0.259. The highest BCUT2D eigenvalue weighted by Crippen LogP contribution is 2.71. The van der Waals surface area contributed by atoms with Crippen LogP contribution in [0.25, 0.3) is 0 Å². The predicted octanol–water partition coefficient (Wildman–Crippen LogP) is 1.04. The van der Waals surface area contributed by atoms with Gasteiger partial charge >= 0.3 is 0 Å². The molecule has 3 aliphatic heterocycles. The molecule has 0 bridgehead atoms. The van der Waals surface area contributed by atoms with E-state index in [1.807, 2.05) is 11.8 Å². The Hall–Kier alpha value is -0.220. The lowest BCUT2D eigenvalue weighted by Crippen LogP contribution is -2.86. The third kappa shape index (κ3) is 0.588. The van der Waals surface area contributed by atoms with Crippen LogP contribution in [0.15, 0.2) is 0 Å². The van der Waals surface area contributed by atoms with Crippen molar-refractivity contribution in [3.8, 4) is 0 Å². The fourth-order valence-electron chi connectivity index (χ4n) is 2.64. The van der Waals surface area contributed by atoms with Crippen LogP contribution in [0.3, 0.4) is 0 Å². The highest BCUT2D eigenvalue weighted by Gasteiger charge is 2.80. The van der Waals surface area contributed by atoms with Crippen LogP contribution in [-0.4, -0.2) is 34.3 Å². The summed E-state index contributed by atoms with van der Waals surface area (Å²) in [4.78, 5) is 13.7. The Morgan fingerprint density at radius 1 is 1.69 bits per heavy atom. The molecule has 4 heteroatoms. The number of nitrogens with zero attached hydrogens (tertiary/aromatic N) is 1. The van der Waals surface area contributed by atoms with E-state index in [1.165, 1.54) is 0 Å². The molecule has 3 fully saturated rings. The molecule has 1 amide bonds. The van der Waals surface area contributed by atoms with Crippen molar-refractivity contribution >= 4 is 17.7 Å². The number of thioether (sulfide) groups is 1. The van der Waals surface area contributed by atoms with E-state index in [2.05, 4.69) is 6.92 Å². The Kier molecular flexibility index (Phi) is 1.29. The molecule has 3 rings (SSSR count). The standard InChI is InChI=1S/C9H13NO2S/c1-6-8(2)7(11)10-4-3-5-12-9(8,10)13-6/h6H,3-5H2,1-2H3/t6-,8+,9+/m1/s1. The summed E-state index contributed by atoms with van der Waals surface area (Å²) in [6, 6.07) is 0. The first-order valence-electron chi connectivity index (χ1n) is 4.77. The lowest BCUT2D eigenvalue weighted by atomic mass is 9.72. The van der Waals surface area contributed by atoms with Gasteiger partial charge in [0.15, 0.2) is 0 Å². The van der Waals surface area contributed by atoms with Crippen molar-refractivity contribution in [3.05, 3.63) is 0 Å². The Bertz CT molecular complexity index is 291. The van der Waals surface area contributed by atoms with E-state index < -0.39 is 0 Å². The molecule has 3 saturated heterocycles. The van der Waals surface area contributed by atoms with E-state index >= 15 is 0 Å². The monoisotopic (exact) mass is 199 g/mol. The Labute approximate surface area is 81.8 Å². The second-order valence-electron chi connectivity index (χ2n) is 4.20. The summed E-state index contributed by atoms with van der Waals surface area (Å²) in [7, 11) is 0. The smallest absolute Gasteiger partial charge is 0.238 e. The molecular formula is C9H13NO2S. The summed E-state index contributed by atoms with van der Waals surface area (Å²) < 4.78 is 5.78. The molecule has 13 heavy (non-hydrogen) atoms. The minimum absolute atomic E-state index is 0.224. The van der Waals surface area contributed by atoms with Crippen molar-refractivity contribution in [2.45, 2.75) is 30.6 Å². The van der Waals surface area contributed by atoms with E-state index in [1.54, 1.807) is 11.8 Å². The van der Waals surface area contributed by atoms with Gasteiger partial charge in [-0.1, -0.05) is 18.7 Å². The minimum Gasteiger partial charge on any atom is -0.345 e. The second kappa shape index (κ2) is 2.06. The maximum Gasteiger partial charge on any atom is 0.238 e. The fraction of sp³-hybridized carbons (Fsp3) is 0.889. The van der Waals surface area contributed by atoms with Crippen LogP contribution in [0, 0.1) is 5.41 Å². The molecule has 0 unspecified atom stereocenters. The summed E-state index contributed by atoms with van der Waals surface area (Å²) in [5.41, 5.74) is -0.224. The highest BCUT2D eigenvalue weighted by atomic mass is 32.2. The van der Waals surface area contributed by atoms with Gasteiger partial charge in [-0.15, -0.1) is 0 Å². The molecular weight excluding hydrogens is 186 g/mol. The number of carbonyl (C=O) groups is 1. The van der Waals surface area contributed by atoms with Gasteiger partial charge in [-0.2, -0.15) is 0 Å². The van der Waals surface area contributed by atoms with E-state index in [0.29, 0.717) is 11.2 Å². The summed E-state index contributed by atoms with van der Waals surface area (Å²) in [6.07, 6.45) is 0.985. The van der Waals surface area contributed by atoms with Crippen molar-refractivity contribution < 1.29 is 9.53 Å². The first-order chi connectivity index (χ1) is 6.13. The van der Waals surface area contributed by atoms with Crippen molar-refractivity contribution in [3.63, 3.8) is 0 Å². The number of hydrogen-bond donors (Lipinski definition) is 0. The van der Waals surface area contributed by atoms with Crippen LogP contribution in [0.4, 0.5) is 0 Å². The lowest BCUT2D eigenvalue weighted by Gasteiger charge is -2.73. The Balaban J connectivity index is 1.98. The van der Waals surface area contributed by atoms with E-state index in [0.717, 1.165) is 19.6 Å². The minimum atomic E-state index is -0.262. The molecule has 3 heterocycles. The summed E-state index contributed by atoms with van der Waals surface area (Å²) in [6.45, 7) is 5.84. The van der Waals surface area contributed by atoms with Crippen LogP contribution in [0.5, 0.6) is 0 Å². The molecule has 72 valence electrons. The molecule has 0 aliphatic carbocycles. The average molecular weight is 199 g/mol. The summed E-state index contributed by atoms with van der Waals surface area (Å²) in [5, 5.41) is 0.149. The fourth-order valence-corrected chi connectivity index (χ4v) is 4.39. The summed E-state index contributed by atoms with van der Waals surface area (Å²) in [5.74, 6) is 0.290. The average Bonchev–Trinajstić information content (AvgIpc) is 2.16. The number of rotatable bonds is 0. The van der Waals surface area contributed by atoms with Gasteiger partial charge in [0.25, 0.3) is 0 Å². The first kappa shape index (κ1) is 8.12. The molecule has 0 aromatic heterocycles. The van der Waals surface area contributed by atoms with Crippen LogP contribution in [0.1, 0.15) is 20.3 Å². The Morgan fingerprint density at radius 3 is 3.15 bits per heavy atom. The molecule has 1 spiro atoms. The SMILES string of the molecule is C[C@H]1S[C@]23OCCCN2C(=O)[C@]13C. The van der Waals surface area contributed by atoms with Crippen LogP contribution in [-0.2, 0) is 9.53 Å². The van der Waals surface area contributed by atoms with Gasteiger partial charge in [0.2, 0.25) is 11.0 Å². The number of ether oxygens (including phenoxy) is 1. The number of hydrogen-bond acceptors (Lipinski definition) is 3. The third-order valence-electron chi connectivity index (χ3n) is 3.67. The van der Waals surface area contributed by atoms with Gasteiger partial charge in [-0.05, 0) is 13.3 Å². The van der Waals surface area contributed by atoms with Crippen molar-refractivity contribution in [2.75, 3.05) is 13.2 Å². The van der Waals surface area contributed by atoms with Gasteiger partial charge in [-0.3, -0.25) is 4.79 Å². The summed E-state index contributed by atoms with van der Waals surface area (Å²) >= 11 is 1.80. The third-order valence-corrected chi connectivity index (χ3v) is 5.58. The molecule has 0 saturated carbocycles. The maximum atomic E-state index is 11.8. The largest absolute Gasteiger partial charge is 0.345 e. The molecule has 3 atom stereocenters. The number of amides is 1. The zero-order valence-electron chi connectivity index (χ0n) is 7.87. The van der Waals surface area contributed by atoms with Crippen LogP contribution < -0.4 is 0 Å².